The number of piperazine rings is 1. The van der Waals surface area contributed by atoms with Crippen LogP contribution in [0.15, 0.2) is 52.2 Å². The smallest absolute Gasteiger partial charge is 0.301 e. The van der Waals surface area contributed by atoms with E-state index in [4.69, 9.17) is 11.6 Å². The van der Waals surface area contributed by atoms with Gasteiger partial charge < -0.3 is 4.90 Å². The zero-order chi connectivity index (χ0) is 20.6. The second kappa shape index (κ2) is 8.20. The largest absolute Gasteiger partial charge is 0.308 e. The Morgan fingerprint density at radius 2 is 1.72 bits per heavy atom. The zero-order valence-corrected chi connectivity index (χ0v) is 18.4. The van der Waals surface area contributed by atoms with Crippen molar-refractivity contribution in [1.82, 2.24) is 13.8 Å². The van der Waals surface area contributed by atoms with Crippen LogP contribution < -0.4 is 4.87 Å². The lowest BCUT2D eigenvalue weighted by atomic mass is 10.2. The summed E-state index contributed by atoms with van der Waals surface area (Å²) in [7, 11) is -3.57. The fraction of sp³-hybridized carbons (Fsp3) is 0.350. The minimum Gasteiger partial charge on any atom is -0.301 e. The van der Waals surface area contributed by atoms with Crippen LogP contribution in [0.2, 0.25) is 5.02 Å². The average Bonchev–Trinajstić information content (AvgIpc) is 3.04. The Kier molecular flexibility index (Phi) is 5.81. The summed E-state index contributed by atoms with van der Waals surface area (Å²) in [6.45, 7) is 5.88. The first-order valence-corrected chi connectivity index (χ1v) is 12.1. The molecule has 29 heavy (non-hydrogen) atoms. The summed E-state index contributed by atoms with van der Waals surface area (Å²) in [6.07, 6.45) is 0. The molecule has 1 aromatic heterocycles. The molecule has 0 radical (unpaired) electrons. The van der Waals surface area contributed by atoms with E-state index in [0.29, 0.717) is 29.4 Å². The molecule has 9 heteroatoms. The van der Waals surface area contributed by atoms with Crippen LogP contribution in [0, 0.1) is 0 Å². The number of fused-ring (bicyclic) bond motifs is 1. The van der Waals surface area contributed by atoms with Crippen LogP contribution in [0.25, 0.3) is 10.2 Å². The monoisotopic (exact) mass is 451 g/mol. The molecule has 0 amide bonds. The molecule has 1 aliphatic heterocycles. The summed E-state index contributed by atoms with van der Waals surface area (Å²) in [5, 5.41) is 0.644. The molecule has 0 spiro atoms. The van der Waals surface area contributed by atoms with Crippen LogP contribution in [0.3, 0.4) is 0 Å². The first kappa shape index (κ1) is 20.6. The second-order valence-corrected chi connectivity index (χ2v) is 10.4. The van der Waals surface area contributed by atoms with Crippen molar-refractivity contribution in [3.63, 3.8) is 0 Å². The summed E-state index contributed by atoms with van der Waals surface area (Å²) in [6, 6.07) is 12.3. The van der Waals surface area contributed by atoms with Crippen LogP contribution in [0.1, 0.15) is 12.5 Å². The molecule has 2 heterocycles. The Bertz CT molecular complexity index is 1180. The normalized spacial score (nSPS) is 16.5. The molecule has 0 saturated carbocycles. The van der Waals surface area contributed by atoms with Crippen LogP contribution in [0.4, 0.5) is 0 Å². The summed E-state index contributed by atoms with van der Waals surface area (Å²) in [5.74, 6) is 0. The van der Waals surface area contributed by atoms with Gasteiger partial charge in [0.15, 0.2) is 0 Å². The van der Waals surface area contributed by atoms with Crippen molar-refractivity contribution in [2.75, 3.05) is 32.7 Å². The van der Waals surface area contributed by atoms with Crippen LogP contribution in [-0.4, -0.2) is 54.9 Å². The van der Waals surface area contributed by atoms with Gasteiger partial charge in [0.05, 0.1) is 21.7 Å². The third-order valence-electron chi connectivity index (χ3n) is 5.31. The lowest BCUT2D eigenvalue weighted by Gasteiger charge is -2.33. The Morgan fingerprint density at radius 1 is 1.03 bits per heavy atom. The molecule has 0 N–H and O–H groups in total. The molecule has 1 aliphatic rings. The molecule has 0 aliphatic carbocycles. The molecular formula is C20H22ClN3O3S2. The van der Waals surface area contributed by atoms with Crippen LogP contribution in [-0.2, 0) is 16.6 Å². The van der Waals surface area contributed by atoms with Crippen molar-refractivity contribution in [3.05, 3.63) is 62.7 Å². The number of nitrogens with zero attached hydrogens (tertiary/aromatic N) is 3. The maximum atomic E-state index is 13.1. The molecular weight excluding hydrogens is 430 g/mol. The van der Waals surface area contributed by atoms with Gasteiger partial charge >= 0.3 is 4.87 Å². The van der Waals surface area contributed by atoms with Gasteiger partial charge in [0.2, 0.25) is 10.0 Å². The van der Waals surface area contributed by atoms with E-state index >= 15 is 0 Å². The summed E-state index contributed by atoms with van der Waals surface area (Å²) in [4.78, 5) is 14.9. The highest BCUT2D eigenvalue weighted by Gasteiger charge is 2.28. The standard InChI is InChI=1S/C20H22ClN3O3S2/c1-2-22-9-11-23(12-10-22)29(26,27)17-7-8-18-19(13-17)28-20(25)24(18)14-15-3-5-16(21)6-4-15/h3-8,13H,2,9-12,14H2,1H3. The van der Waals surface area contributed by atoms with Gasteiger partial charge in [-0.15, -0.1) is 0 Å². The van der Waals surface area contributed by atoms with Crippen molar-refractivity contribution in [3.8, 4) is 0 Å². The van der Waals surface area contributed by atoms with Crippen molar-refractivity contribution >= 4 is 43.2 Å². The van der Waals surface area contributed by atoms with Gasteiger partial charge in [0.25, 0.3) is 0 Å². The number of aromatic nitrogens is 1. The SMILES string of the molecule is CCN1CCN(S(=O)(=O)c2ccc3c(c2)sc(=O)n3Cc2ccc(Cl)cc2)CC1. The quantitative estimate of drug-likeness (QED) is 0.598. The number of benzene rings is 2. The molecule has 3 aromatic rings. The topological polar surface area (TPSA) is 62.6 Å². The number of likely N-dealkylation sites (N-methyl/N-ethyl adjacent to an activating group) is 1. The fourth-order valence-electron chi connectivity index (χ4n) is 3.56. The van der Waals surface area contributed by atoms with E-state index in [2.05, 4.69) is 11.8 Å². The Balaban J connectivity index is 1.63. The van der Waals surface area contributed by atoms with Gasteiger partial charge in [-0.25, -0.2) is 8.42 Å². The van der Waals surface area contributed by atoms with Crippen LogP contribution in [0.5, 0.6) is 0 Å². The zero-order valence-electron chi connectivity index (χ0n) is 16.0. The van der Waals surface area contributed by atoms with Gasteiger partial charge in [-0.05, 0) is 42.4 Å². The van der Waals surface area contributed by atoms with Gasteiger partial charge in [0, 0.05) is 31.2 Å². The van der Waals surface area contributed by atoms with Crippen molar-refractivity contribution in [2.24, 2.45) is 0 Å². The van der Waals surface area contributed by atoms with Crippen LogP contribution >= 0.6 is 22.9 Å². The predicted molar refractivity (Wildman–Crippen MR) is 118 cm³/mol. The summed E-state index contributed by atoms with van der Waals surface area (Å²) < 4.78 is 30.0. The third kappa shape index (κ3) is 4.13. The second-order valence-electron chi connectivity index (χ2n) is 7.05. The van der Waals surface area contributed by atoms with E-state index in [1.54, 1.807) is 34.9 Å². The predicted octanol–water partition coefficient (Wildman–Crippen LogP) is 3.09. The van der Waals surface area contributed by atoms with Crippen molar-refractivity contribution in [2.45, 2.75) is 18.4 Å². The molecule has 1 fully saturated rings. The summed E-state index contributed by atoms with van der Waals surface area (Å²) in [5.41, 5.74) is 1.70. The Labute approximate surface area is 179 Å². The van der Waals surface area contributed by atoms with Gasteiger partial charge in [-0.2, -0.15) is 4.31 Å². The van der Waals surface area contributed by atoms with E-state index in [0.717, 1.165) is 42.1 Å². The lowest BCUT2D eigenvalue weighted by molar-refractivity contribution is 0.196. The number of hydrogen-bond donors (Lipinski definition) is 0. The highest BCUT2D eigenvalue weighted by Crippen LogP contribution is 2.25. The number of hydrogen-bond acceptors (Lipinski definition) is 5. The lowest BCUT2D eigenvalue weighted by Crippen LogP contribution is -2.48. The Morgan fingerprint density at radius 3 is 2.38 bits per heavy atom. The van der Waals surface area contributed by atoms with E-state index in [-0.39, 0.29) is 9.77 Å². The van der Waals surface area contributed by atoms with E-state index in [1.165, 1.54) is 4.31 Å². The minimum atomic E-state index is -3.57. The average molecular weight is 452 g/mol. The molecule has 2 aromatic carbocycles. The molecule has 6 nitrogen and oxygen atoms in total. The summed E-state index contributed by atoms with van der Waals surface area (Å²) >= 11 is 7.00. The Hall–Kier alpha value is -1.71. The number of halogens is 1. The molecule has 1 saturated heterocycles. The fourth-order valence-corrected chi connectivity index (χ4v) is 6.14. The van der Waals surface area contributed by atoms with Gasteiger partial charge in [-0.3, -0.25) is 9.36 Å². The highest BCUT2D eigenvalue weighted by molar-refractivity contribution is 7.89. The first-order chi connectivity index (χ1) is 13.9. The number of thiazole rings is 1. The van der Waals surface area contributed by atoms with Crippen molar-refractivity contribution < 1.29 is 8.42 Å². The van der Waals surface area contributed by atoms with E-state index < -0.39 is 10.0 Å². The maximum Gasteiger partial charge on any atom is 0.308 e. The number of sulfonamides is 1. The van der Waals surface area contributed by atoms with E-state index in [1.807, 2.05) is 12.1 Å². The molecule has 0 atom stereocenters. The number of rotatable bonds is 5. The highest BCUT2D eigenvalue weighted by atomic mass is 35.5. The maximum absolute atomic E-state index is 13.1. The van der Waals surface area contributed by atoms with Gasteiger partial charge in [-0.1, -0.05) is 42.0 Å². The molecule has 4 rings (SSSR count). The van der Waals surface area contributed by atoms with E-state index in [9.17, 15) is 13.2 Å². The first-order valence-electron chi connectivity index (χ1n) is 9.49. The molecule has 154 valence electrons. The van der Waals surface area contributed by atoms with Gasteiger partial charge in [0.1, 0.15) is 0 Å². The van der Waals surface area contributed by atoms with Crippen molar-refractivity contribution in [1.29, 1.82) is 0 Å². The molecule has 0 bridgehead atoms. The minimum absolute atomic E-state index is 0.110. The molecule has 0 unspecified atom stereocenters. The third-order valence-corrected chi connectivity index (χ3v) is 8.40.